The fourth-order valence-electron chi connectivity index (χ4n) is 3.41. The largest absolute Gasteiger partial charge is 0.495 e. The number of nitrogens with one attached hydrogen (secondary N) is 1. The summed E-state index contributed by atoms with van der Waals surface area (Å²) in [6.07, 6.45) is 1.49. The van der Waals surface area contributed by atoms with E-state index in [-0.39, 0.29) is 29.7 Å². The second-order valence-electron chi connectivity index (χ2n) is 8.14. The van der Waals surface area contributed by atoms with E-state index in [4.69, 9.17) is 15.2 Å². The SMILES string of the molecule is COc1ccccc1Nc1ncccc1C(=O)OCC(=O)c1c(N)n(CC(C)C)c(=O)n(C)c1=O. The molecule has 3 aromatic rings. The lowest BCUT2D eigenvalue weighted by atomic mass is 10.1. The number of nitrogen functional groups attached to an aromatic ring is 1. The van der Waals surface area contributed by atoms with Crippen molar-refractivity contribution in [1.82, 2.24) is 14.1 Å². The summed E-state index contributed by atoms with van der Waals surface area (Å²) in [5.74, 6) is -1.15. The van der Waals surface area contributed by atoms with E-state index in [2.05, 4.69) is 10.3 Å². The number of pyridine rings is 1. The molecule has 2 aromatic heterocycles. The van der Waals surface area contributed by atoms with Crippen LogP contribution in [-0.2, 0) is 18.3 Å². The van der Waals surface area contributed by atoms with Gasteiger partial charge in [0.15, 0.2) is 6.61 Å². The van der Waals surface area contributed by atoms with Crippen LogP contribution in [0.5, 0.6) is 5.75 Å². The van der Waals surface area contributed by atoms with Crippen molar-refractivity contribution in [2.75, 3.05) is 24.8 Å². The summed E-state index contributed by atoms with van der Waals surface area (Å²) < 4.78 is 12.5. The van der Waals surface area contributed by atoms with E-state index in [9.17, 15) is 19.2 Å². The van der Waals surface area contributed by atoms with Crippen molar-refractivity contribution >= 4 is 29.1 Å². The number of anilines is 3. The molecule has 3 rings (SSSR count). The highest BCUT2D eigenvalue weighted by atomic mass is 16.5. The van der Waals surface area contributed by atoms with Gasteiger partial charge in [-0.05, 0) is 30.2 Å². The Morgan fingerprint density at radius 2 is 1.86 bits per heavy atom. The van der Waals surface area contributed by atoms with E-state index >= 15 is 0 Å². The highest BCUT2D eigenvalue weighted by Crippen LogP contribution is 2.27. The molecule has 3 N–H and O–H groups in total. The van der Waals surface area contributed by atoms with Gasteiger partial charge in [-0.1, -0.05) is 26.0 Å². The molecule has 11 nitrogen and oxygen atoms in total. The Morgan fingerprint density at radius 3 is 2.54 bits per heavy atom. The number of rotatable bonds is 9. The maximum absolute atomic E-state index is 12.8. The Labute approximate surface area is 201 Å². The van der Waals surface area contributed by atoms with Crippen LogP contribution in [0.15, 0.2) is 52.2 Å². The molecule has 0 amide bonds. The van der Waals surface area contributed by atoms with Crippen molar-refractivity contribution in [2.45, 2.75) is 20.4 Å². The third-order valence-corrected chi connectivity index (χ3v) is 5.13. The number of para-hydroxylation sites is 2. The minimum Gasteiger partial charge on any atom is -0.495 e. The van der Waals surface area contributed by atoms with Crippen LogP contribution in [0.3, 0.4) is 0 Å². The second kappa shape index (κ2) is 10.7. The van der Waals surface area contributed by atoms with Crippen LogP contribution in [0.4, 0.5) is 17.3 Å². The molecule has 11 heteroatoms. The first-order valence-electron chi connectivity index (χ1n) is 10.8. The average Bonchev–Trinajstić information content (AvgIpc) is 2.84. The van der Waals surface area contributed by atoms with E-state index in [1.807, 2.05) is 13.8 Å². The van der Waals surface area contributed by atoms with Gasteiger partial charge in [-0.2, -0.15) is 0 Å². The Morgan fingerprint density at radius 1 is 1.14 bits per heavy atom. The lowest BCUT2D eigenvalue weighted by molar-refractivity contribution is 0.0475. The zero-order chi connectivity index (χ0) is 25.7. The number of hydrogen-bond acceptors (Lipinski definition) is 9. The number of nitrogens with zero attached hydrogens (tertiary/aromatic N) is 3. The van der Waals surface area contributed by atoms with Gasteiger partial charge in [0.1, 0.15) is 28.5 Å². The number of carbonyl (C=O) groups excluding carboxylic acids is 2. The molecule has 184 valence electrons. The number of ketones is 1. The van der Waals surface area contributed by atoms with Gasteiger partial charge in [-0.3, -0.25) is 18.7 Å². The molecule has 0 saturated heterocycles. The molecule has 0 atom stereocenters. The van der Waals surface area contributed by atoms with Crippen LogP contribution in [0.25, 0.3) is 0 Å². The fourth-order valence-corrected chi connectivity index (χ4v) is 3.41. The van der Waals surface area contributed by atoms with E-state index in [1.165, 1.54) is 26.4 Å². The van der Waals surface area contributed by atoms with Crippen molar-refractivity contribution in [3.05, 3.63) is 74.6 Å². The number of hydrogen-bond donors (Lipinski definition) is 2. The van der Waals surface area contributed by atoms with Gasteiger partial charge in [-0.25, -0.2) is 14.6 Å². The van der Waals surface area contributed by atoms with Crippen LogP contribution in [0.1, 0.15) is 34.6 Å². The molecule has 0 unspecified atom stereocenters. The minimum absolute atomic E-state index is 0.0352. The first-order valence-corrected chi connectivity index (χ1v) is 10.8. The Bertz CT molecular complexity index is 1380. The third-order valence-electron chi connectivity index (χ3n) is 5.13. The first kappa shape index (κ1) is 25.2. The van der Waals surface area contributed by atoms with Gasteiger partial charge >= 0.3 is 11.7 Å². The third kappa shape index (κ3) is 5.40. The number of ether oxygens (including phenoxy) is 2. The van der Waals surface area contributed by atoms with Gasteiger partial charge in [0.05, 0.1) is 12.8 Å². The lowest BCUT2D eigenvalue weighted by Crippen LogP contribution is -2.43. The summed E-state index contributed by atoms with van der Waals surface area (Å²) in [6.45, 7) is 3.20. The number of benzene rings is 1. The second-order valence-corrected chi connectivity index (χ2v) is 8.14. The Kier molecular flexibility index (Phi) is 7.69. The predicted octanol–water partition coefficient (Wildman–Crippen LogP) is 1.97. The molecular formula is C24H27N5O6. The molecule has 1 aromatic carbocycles. The van der Waals surface area contributed by atoms with Crippen LogP contribution in [-0.4, -0.2) is 39.6 Å². The smallest absolute Gasteiger partial charge is 0.342 e. The standard InChI is InChI=1S/C24H27N5O6/c1-14(2)12-29-20(25)19(22(31)28(3)24(29)33)17(30)13-35-23(32)15-8-7-11-26-21(15)27-16-9-5-6-10-18(16)34-4/h5-11,14H,12-13,25H2,1-4H3,(H,26,27). The fraction of sp³-hybridized carbons (Fsp3) is 0.292. The molecule has 0 bridgehead atoms. The molecule has 35 heavy (non-hydrogen) atoms. The van der Waals surface area contributed by atoms with Crippen molar-refractivity contribution < 1.29 is 19.1 Å². The van der Waals surface area contributed by atoms with Crippen molar-refractivity contribution in [1.29, 1.82) is 0 Å². The molecule has 0 fully saturated rings. The summed E-state index contributed by atoms with van der Waals surface area (Å²) in [5, 5.41) is 3.02. The van der Waals surface area contributed by atoms with Crippen molar-refractivity contribution in [3.8, 4) is 5.75 Å². The Balaban J connectivity index is 1.84. The van der Waals surface area contributed by atoms with Crippen LogP contribution < -0.4 is 27.0 Å². The molecule has 0 aliphatic heterocycles. The number of carbonyl (C=O) groups is 2. The molecule has 0 aliphatic rings. The van der Waals surface area contributed by atoms with Gasteiger partial charge in [-0.15, -0.1) is 0 Å². The van der Waals surface area contributed by atoms with Crippen LogP contribution >= 0.6 is 0 Å². The lowest BCUT2D eigenvalue weighted by Gasteiger charge is -2.16. The van der Waals surface area contributed by atoms with Crippen LogP contribution in [0.2, 0.25) is 0 Å². The normalized spacial score (nSPS) is 10.8. The maximum atomic E-state index is 12.8. The summed E-state index contributed by atoms with van der Waals surface area (Å²) in [4.78, 5) is 54.9. The van der Waals surface area contributed by atoms with Gasteiger partial charge < -0.3 is 20.5 Å². The number of methoxy groups -OCH3 is 1. The number of aromatic nitrogens is 3. The van der Waals surface area contributed by atoms with E-state index in [0.717, 1.165) is 9.13 Å². The number of nitrogens with two attached hydrogens (primary N) is 1. The molecular weight excluding hydrogens is 454 g/mol. The predicted molar refractivity (Wildman–Crippen MR) is 130 cm³/mol. The zero-order valence-electron chi connectivity index (χ0n) is 19.9. The zero-order valence-corrected chi connectivity index (χ0v) is 19.9. The van der Waals surface area contributed by atoms with E-state index in [0.29, 0.717) is 11.4 Å². The number of esters is 1. The van der Waals surface area contributed by atoms with E-state index < -0.39 is 35.2 Å². The molecule has 2 heterocycles. The van der Waals surface area contributed by atoms with Crippen molar-refractivity contribution in [2.24, 2.45) is 13.0 Å². The monoisotopic (exact) mass is 481 g/mol. The summed E-state index contributed by atoms with van der Waals surface area (Å²) in [6, 6.07) is 10.1. The quantitative estimate of drug-likeness (QED) is 0.346. The van der Waals surface area contributed by atoms with Gasteiger partial charge in [0, 0.05) is 19.8 Å². The highest BCUT2D eigenvalue weighted by molar-refractivity contribution is 6.03. The molecule has 0 aliphatic carbocycles. The van der Waals surface area contributed by atoms with E-state index in [1.54, 1.807) is 30.3 Å². The van der Waals surface area contributed by atoms with Crippen LogP contribution in [0, 0.1) is 5.92 Å². The molecule has 0 saturated carbocycles. The Hall–Kier alpha value is -4.41. The maximum Gasteiger partial charge on any atom is 0.342 e. The van der Waals surface area contributed by atoms with Gasteiger partial charge in [0.25, 0.3) is 5.56 Å². The summed E-state index contributed by atoms with van der Waals surface area (Å²) >= 11 is 0. The van der Waals surface area contributed by atoms with Crippen molar-refractivity contribution in [3.63, 3.8) is 0 Å². The summed E-state index contributed by atoms with van der Waals surface area (Å²) in [5.41, 5.74) is 4.77. The molecule has 0 spiro atoms. The average molecular weight is 482 g/mol. The number of Topliss-reactive ketones (excluding diaryl/α,β-unsaturated/α-hetero) is 1. The first-order chi connectivity index (χ1) is 16.6. The minimum atomic E-state index is -0.853. The summed E-state index contributed by atoms with van der Waals surface area (Å²) in [7, 11) is 2.77. The highest BCUT2D eigenvalue weighted by Gasteiger charge is 2.24. The topological polar surface area (TPSA) is 148 Å². The molecule has 0 radical (unpaired) electrons. The van der Waals surface area contributed by atoms with Gasteiger partial charge in [0.2, 0.25) is 5.78 Å².